The summed E-state index contributed by atoms with van der Waals surface area (Å²) in [6.07, 6.45) is 20.9. The summed E-state index contributed by atoms with van der Waals surface area (Å²) >= 11 is 0. The van der Waals surface area contributed by atoms with Gasteiger partial charge in [0, 0.05) is 0 Å². The Hall–Kier alpha value is 0.130. The largest absolute Gasteiger partial charge is 1.00 e. The quantitative estimate of drug-likeness (QED) is 0.179. The molecule has 0 fully saturated rings. The van der Waals surface area contributed by atoms with Crippen LogP contribution in [0.2, 0.25) is 0 Å². The third-order valence-electron chi connectivity index (χ3n) is 5.27. The van der Waals surface area contributed by atoms with Gasteiger partial charge in [-0.15, -0.1) is 0 Å². The smallest absolute Gasteiger partial charge is 1.00 e. The number of benzene rings is 1. The molecule has 0 saturated carbocycles. The molecule has 0 saturated heterocycles. The summed E-state index contributed by atoms with van der Waals surface area (Å²) < 4.78 is 29.0. The second kappa shape index (κ2) is 20.1. The van der Waals surface area contributed by atoms with Crippen molar-refractivity contribution in [3.05, 3.63) is 30.3 Å². The molecule has 0 unspecified atom stereocenters. The van der Waals surface area contributed by atoms with Crippen molar-refractivity contribution in [3.63, 3.8) is 0 Å². The van der Waals surface area contributed by atoms with Gasteiger partial charge in [-0.05, 0) is 18.6 Å². The monoisotopic (exact) mass is 434 g/mol. The van der Waals surface area contributed by atoms with Gasteiger partial charge in [0.25, 0.3) is 10.1 Å². The second-order valence-corrected chi connectivity index (χ2v) is 9.51. The number of unbranched alkanes of at least 4 members (excludes halogenated alkanes) is 15. The van der Waals surface area contributed by atoms with E-state index in [0.29, 0.717) is 0 Å². The summed E-state index contributed by atoms with van der Waals surface area (Å²) in [5, 5.41) is 0. The predicted octanol–water partition coefficient (Wildman–Crippen LogP) is 4.77. The Kier molecular flexibility index (Phi) is 20.1. The van der Waals surface area contributed by atoms with E-state index in [1.807, 2.05) is 0 Å². The molecule has 1 aromatic carbocycles. The first-order valence-corrected chi connectivity index (χ1v) is 13.0. The Morgan fingerprint density at radius 3 is 1.45 bits per heavy atom. The predicted molar refractivity (Wildman–Crippen MR) is 120 cm³/mol. The van der Waals surface area contributed by atoms with E-state index in [0.717, 1.165) is 12.8 Å². The van der Waals surface area contributed by atoms with Gasteiger partial charge in [-0.2, -0.15) is 8.42 Å². The first-order chi connectivity index (χ1) is 13.7. The van der Waals surface area contributed by atoms with Crippen LogP contribution in [0.25, 0.3) is 0 Å². The first kappa shape index (κ1) is 29.1. The van der Waals surface area contributed by atoms with Crippen molar-refractivity contribution in [1.29, 1.82) is 0 Å². The standard InChI is InChI=1S/C24H42O3S.Na.H/c1-2-3-4-5-6-7-8-9-10-11-12-13-14-15-16-20-23-27-28(25,26)24-21-18-17-19-22-24;;/h17-19,21-22H,2-16,20,23H2,1H3;;/q;+1;-1. The van der Waals surface area contributed by atoms with E-state index in [9.17, 15) is 8.42 Å². The molecule has 0 aliphatic heterocycles. The van der Waals surface area contributed by atoms with Crippen LogP contribution >= 0.6 is 0 Å². The topological polar surface area (TPSA) is 43.4 Å². The van der Waals surface area contributed by atoms with Crippen molar-refractivity contribution in [3.8, 4) is 0 Å². The fourth-order valence-corrected chi connectivity index (χ4v) is 4.44. The average molecular weight is 435 g/mol. The van der Waals surface area contributed by atoms with Crippen molar-refractivity contribution < 1.29 is 43.6 Å². The minimum Gasteiger partial charge on any atom is -1.00 e. The molecule has 0 aliphatic carbocycles. The van der Waals surface area contributed by atoms with Crippen LogP contribution in [0.15, 0.2) is 35.2 Å². The van der Waals surface area contributed by atoms with Crippen LogP contribution in [0.4, 0.5) is 0 Å². The average Bonchev–Trinajstić information content (AvgIpc) is 2.71. The number of rotatable bonds is 19. The molecule has 164 valence electrons. The molecule has 0 spiro atoms. The normalized spacial score (nSPS) is 11.3. The van der Waals surface area contributed by atoms with Gasteiger partial charge in [0.15, 0.2) is 0 Å². The Balaban J connectivity index is 0. The van der Waals surface area contributed by atoms with Crippen molar-refractivity contribution in [2.45, 2.75) is 115 Å². The van der Waals surface area contributed by atoms with Crippen LogP contribution in [0, 0.1) is 0 Å². The SMILES string of the molecule is CCCCCCCCCCCCCCCCCCOS(=O)(=O)c1ccccc1.[H-].[Na+]. The first-order valence-electron chi connectivity index (χ1n) is 11.6. The van der Waals surface area contributed by atoms with Gasteiger partial charge in [-0.1, -0.05) is 121 Å². The van der Waals surface area contributed by atoms with Gasteiger partial charge in [0.05, 0.1) is 11.5 Å². The van der Waals surface area contributed by atoms with E-state index >= 15 is 0 Å². The maximum atomic E-state index is 12.0. The molecule has 0 atom stereocenters. The molecule has 5 heteroatoms. The van der Waals surface area contributed by atoms with Gasteiger partial charge in [-0.3, -0.25) is 4.18 Å². The Morgan fingerprint density at radius 2 is 1.03 bits per heavy atom. The van der Waals surface area contributed by atoms with E-state index < -0.39 is 10.1 Å². The van der Waals surface area contributed by atoms with Crippen molar-refractivity contribution in [1.82, 2.24) is 0 Å². The molecule has 0 bridgehead atoms. The van der Waals surface area contributed by atoms with Gasteiger partial charge in [-0.25, -0.2) is 0 Å². The zero-order chi connectivity index (χ0) is 20.3. The van der Waals surface area contributed by atoms with Crippen LogP contribution in [0.3, 0.4) is 0 Å². The summed E-state index contributed by atoms with van der Waals surface area (Å²) in [4.78, 5) is 0.242. The van der Waals surface area contributed by atoms with Gasteiger partial charge in [0.1, 0.15) is 0 Å². The molecular weight excluding hydrogens is 391 g/mol. The fraction of sp³-hybridized carbons (Fsp3) is 0.750. The minimum atomic E-state index is -3.58. The Labute approximate surface area is 204 Å². The number of hydrogen-bond donors (Lipinski definition) is 0. The zero-order valence-electron chi connectivity index (χ0n) is 20.0. The minimum absolute atomic E-state index is 0. The molecule has 0 heterocycles. The fourth-order valence-electron chi connectivity index (χ4n) is 3.47. The third kappa shape index (κ3) is 16.5. The zero-order valence-corrected chi connectivity index (χ0v) is 21.9. The summed E-state index contributed by atoms with van der Waals surface area (Å²) in [6.45, 7) is 2.56. The van der Waals surface area contributed by atoms with Crippen LogP contribution in [0.5, 0.6) is 0 Å². The van der Waals surface area contributed by atoms with E-state index in [1.165, 1.54) is 89.9 Å². The second-order valence-electron chi connectivity index (χ2n) is 7.89. The van der Waals surface area contributed by atoms with Crippen LogP contribution < -0.4 is 29.6 Å². The van der Waals surface area contributed by atoms with Crippen molar-refractivity contribution >= 4 is 10.1 Å². The summed E-state index contributed by atoms with van der Waals surface area (Å²) in [6, 6.07) is 8.37. The molecule has 0 N–H and O–H groups in total. The van der Waals surface area contributed by atoms with Crippen LogP contribution in [0.1, 0.15) is 111 Å². The Bertz CT molecular complexity index is 567. The molecular formula is C24H43NaO3S. The maximum Gasteiger partial charge on any atom is 1.00 e. The van der Waals surface area contributed by atoms with Gasteiger partial charge < -0.3 is 1.43 Å². The summed E-state index contributed by atoms with van der Waals surface area (Å²) in [5.74, 6) is 0. The van der Waals surface area contributed by atoms with E-state index in [2.05, 4.69) is 6.92 Å². The van der Waals surface area contributed by atoms with E-state index in [1.54, 1.807) is 30.3 Å². The molecule has 0 amide bonds. The molecule has 0 radical (unpaired) electrons. The molecule has 3 nitrogen and oxygen atoms in total. The molecule has 1 aromatic rings. The Morgan fingerprint density at radius 1 is 0.655 bits per heavy atom. The van der Waals surface area contributed by atoms with Crippen molar-refractivity contribution in [2.75, 3.05) is 6.61 Å². The van der Waals surface area contributed by atoms with Gasteiger partial charge in [0.2, 0.25) is 0 Å². The molecule has 1 rings (SSSR count). The van der Waals surface area contributed by atoms with E-state index in [-0.39, 0.29) is 42.5 Å². The summed E-state index contributed by atoms with van der Waals surface area (Å²) in [5.41, 5.74) is 0. The van der Waals surface area contributed by atoms with Crippen LogP contribution in [-0.2, 0) is 14.3 Å². The van der Waals surface area contributed by atoms with E-state index in [4.69, 9.17) is 4.18 Å². The molecule has 0 aromatic heterocycles. The maximum absolute atomic E-state index is 12.0. The molecule has 29 heavy (non-hydrogen) atoms. The third-order valence-corrected chi connectivity index (χ3v) is 6.59. The van der Waals surface area contributed by atoms with Crippen molar-refractivity contribution in [2.24, 2.45) is 0 Å². The molecule has 0 aliphatic rings. The number of hydrogen-bond acceptors (Lipinski definition) is 3. The van der Waals surface area contributed by atoms with Gasteiger partial charge >= 0.3 is 29.6 Å². The van der Waals surface area contributed by atoms with Crippen LogP contribution in [-0.4, -0.2) is 15.0 Å². The summed E-state index contributed by atoms with van der Waals surface area (Å²) in [7, 11) is -3.58.